The van der Waals surface area contributed by atoms with Crippen LogP contribution in [0.3, 0.4) is 0 Å². The fraction of sp³-hybridized carbons (Fsp3) is 0.208. The molecule has 0 saturated heterocycles. The second-order valence-electron chi connectivity index (χ2n) is 6.80. The zero-order valence-corrected chi connectivity index (χ0v) is 15.1. The zero-order valence-electron chi connectivity index (χ0n) is 15.1. The van der Waals surface area contributed by atoms with Crippen molar-refractivity contribution in [2.75, 3.05) is 6.61 Å². The van der Waals surface area contributed by atoms with Crippen LogP contribution in [-0.4, -0.2) is 11.6 Å². The molecule has 3 aromatic carbocycles. The SMILES string of the molecule is CC(CCCOc1cccc2ncc3ccccc3c12)c1ccccc1. The van der Waals surface area contributed by atoms with Crippen molar-refractivity contribution in [1.82, 2.24) is 4.98 Å². The molecule has 0 amide bonds. The highest BCUT2D eigenvalue weighted by Gasteiger charge is 2.09. The number of nitrogens with zero attached hydrogens (tertiary/aromatic N) is 1. The van der Waals surface area contributed by atoms with Crippen molar-refractivity contribution < 1.29 is 4.74 Å². The lowest BCUT2D eigenvalue weighted by Gasteiger charge is -2.14. The normalized spacial score (nSPS) is 12.3. The first kappa shape index (κ1) is 16.6. The van der Waals surface area contributed by atoms with Gasteiger partial charge in [0.15, 0.2) is 0 Å². The summed E-state index contributed by atoms with van der Waals surface area (Å²) in [5.74, 6) is 1.48. The fourth-order valence-corrected chi connectivity index (χ4v) is 3.51. The predicted molar refractivity (Wildman–Crippen MR) is 109 cm³/mol. The topological polar surface area (TPSA) is 22.1 Å². The molecule has 1 unspecified atom stereocenters. The molecule has 0 radical (unpaired) electrons. The van der Waals surface area contributed by atoms with Gasteiger partial charge in [0.25, 0.3) is 0 Å². The summed E-state index contributed by atoms with van der Waals surface area (Å²) in [7, 11) is 0. The third kappa shape index (κ3) is 3.41. The molecule has 0 bridgehead atoms. The summed E-state index contributed by atoms with van der Waals surface area (Å²) in [5.41, 5.74) is 2.38. The second kappa shape index (κ2) is 7.57. The van der Waals surface area contributed by atoms with Crippen LogP contribution in [0.4, 0.5) is 0 Å². The lowest BCUT2D eigenvalue weighted by atomic mass is 9.97. The van der Waals surface area contributed by atoms with Crippen LogP contribution in [0.25, 0.3) is 21.7 Å². The third-order valence-corrected chi connectivity index (χ3v) is 4.98. The lowest BCUT2D eigenvalue weighted by Crippen LogP contribution is -2.01. The Morgan fingerprint density at radius 2 is 1.69 bits per heavy atom. The Hall–Kier alpha value is -2.87. The van der Waals surface area contributed by atoms with Gasteiger partial charge in [0.2, 0.25) is 0 Å². The highest BCUT2D eigenvalue weighted by atomic mass is 16.5. The molecule has 0 saturated carbocycles. The average Bonchev–Trinajstić information content (AvgIpc) is 2.71. The molecule has 1 atom stereocenters. The molecular formula is C24H23NO. The highest BCUT2D eigenvalue weighted by Crippen LogP contribution is 2.31. The molecule has 0 aliphatic heterocycles. The van der Waals surface area contributed by atoms with E-state index in [1.807, 2.05) is 24.4 Å². The number of fused-ring (bicyclic) bond motifs is 3. The Balaban J connectivity index is 1.48. The van der Waals surface area contributed by atoms with Crippen molar-refractivity contribution >= 4 is 21.7 Å². The van der Waals surface area contributed by atoms with E-state index in [1.165, 1.54) is 10.9 Å². The molecule has 26 heavy (non-hydrogen) atoms. The molecule has 130 valence electrons. The van der Waals surface area contributed by atoms with E-state index in [9.17, 15) is 0 Å². The number of aromatic nitrogens is 1. The van der Waals surface area contributed by atoms with Gasteiger partial charge in [0.05, 0.1) is 17.5 Å². The molecule has 1 aromatic heterocycles. The molecular weight excluding hydrogens is 318 g/mol. The molecule has 2 heteroatoms. The number of hydrogen-bond donors (Lipinski definition) is 0. The number of rotatable bonds is 6. The van der Waals surface area contributed by atoms with Crippen LogP contribution >= 0.6 is 0 Å². The first-order chi connectivity index (χ1) is 12.8. The van der Waals surface area contributed by atoms with Crippen molar-refractivity contribution in [3.8, 4) is 5.75 Å². The average molecular weight is 341 g/mol. The van der Waals surface area contributed by atoms with Crippen LogP contribution in [0.2, 0.25) is 0 Å². The lowest BCUT2D eigenvalue weighted by molar-refractivity contribution is 0.306. The summed E-state index contributed by atoms with van der Waals surface area (Å²) < 4.78 is 6.17. The van der Waals surface area contributed by atoms with E-state index in [0.29, 0.717) is 5.92 Å². The summed E-state index contributed by atoms with van der Waals surface area (Å²) in [5, 5.41) is 3.46. The summed E-state index contributed by atoms with van der Waals surface area (Å²) in [6.07, 6.45) is 4.08. The monoisotopic (exact) mass is 341 g/mol. The highest BCUT2D eigenvalue weighted by molar-refractivity contribution is 6.08. The van der Waals surface area contributed by atoms with E-state index in [4.69, 9.17) is 4.74 Å². The van der Waals surface area contributed by atoms with E-state index < -0.39 is 0 Å². The molecule has 4 rings (SSSR count). The van der Waals surface area contributed by atoms with Crippen molar-refractivity contribution in [3.63, 3.8) is 0 Å². The number of hydrogen-bond acceptors (Lipinski definition) is 2. The minimum atomic E-state index is 0.551. The van der Waals surface area contributed by atoms with Crippen LogP contribution in [0.1, 0.15) is 31.2 Å². The maximum atomic E-state index is 6.17. The number of pyridine rings is 1. The van der Waals surface area contributed by atoms with Crippen molar-refractivity contribution in [2.24, 2.45) is 0 Å². The Labute approximate surface area is 154 Å². The zero-order chi connectivity index (χ0) is 17.8. The van der Waals surface area contributed by atoms with Gasteiger partial charge in [-0.05, 0) is 41.8 Å². The van der Waals surface area contributed by atoms with Gasteiger partial charge in [-0.2, -0.15) is 0 Å². The van der Waals surface area contributed by atoms with E-state index >= 15 is 0 Å². The maximum Gasteiger partial charge on any atom is 0.129 e. The van der Waals surface area contributed by atoms with Crippen molar-refractivity contribution in [1.29, 1.82) is 0 Å². The summed E-state index contributed by atoms with van der Waals surface area (Å²) in [6.45, 7) is 3.00. The Morgan fingerprint density at radius 3 is 2.58 bits per heavy atom. The van der Waals surface area contributed by atoms with Crippen LogP contribution in [0.5, 0.6) is 5.75 Å². The molecule has 0 N–H and O–H groups in total. The predicted octanol–water partition coefficient (Wildman–Crippen LogP) is 6.35. The molecule has 0 aliphatic carbocycles. The van der Waals surface area contributed by atoms with Gasteiger partial charge in [-0.3, -0.25) is 4.98 Å². The quantitative estimate of drug-likeness (QED) is 0.301. The standard InChI is InChI=1S/C24H23NO/c1-18(19-10-3-2-4-11-19)9-8-16-26-23-15-7-14-22-24(23)21-13-6-5-12-20(21)17-25-22/h2-7,10-15,17-18H,8-9,16H2,1H3. The van der Waals surface area contributed by atoms with Crippen LogP contribution in [0, 0.1) is 0 Å². The van der Waals surface area contributed by atoms with Gasteiger partial charge in [-0.25, -0.2) is 0 Å². The molecule has 0 fully saturated rings. The van der Waals surface area contributed by atoms with Gasteiger partial charge in [-0.1, -0.05) is 67.6 Å². The van der Waals surface area contributed by atoms with Crippen LogP contribution in [0.15, 0.2) is 79.0 Å². The van der Waals surface area contributed by atoms with Crippen LogP contribution in [-0.2, 0) is 0 Å². The van der Waals surface area contributed by atoms with Crippen molar-refractivity contribution in [2.45, 2.75) is 25.7 Å². The van der Waals surface area contributed by atoms with Gasteiger partial charge >= 0.3 is 0 Å². The largest absolute Gasteiger partial charge is 0.493 e. The van der Waals surface area contributed by atoms with Gasteiger partial charge in [0.1, 0.15) is 5.75 Å². The maximum absolute atomic E-state index is 6.17. The fourth-order valence-electron chi connectivity index (χ4n) is 3.51. The van der Waals surface area contributed by atoms with Gasteiger partial charge in [0, 0.05) is 11.6 Å². The Morgan fingerprint density at radius 1 is 0.885 bits per heavy atom. The Bertz CT molecular complexity index is 1010. The molecule has 0 spiro atoms. The first-order valence-electron chi connectivity index (χ1n) is 9.27. The first-order valence-corrected chi connectivity index (χ1v) is 9.27. The second-order valence-corrected chi connectivity index (χ2v) is 6.80. The minimum absolute atomic E-state index is 0.551. The van der Waals surface area contributed by atoms with E-state index in [2.05, 4.69) is 66.5 Å². The van der Waals surface area contributed by atoms with Gasteiger partial charge < -0.3 is 4.74 Å². The summed E-state index contributed by atoms with van der Waals surface area (Å²) in [4.78, 5) is 4.59. The number of benzene rings is 3. The van der Waals surface area contributed by atoms with E-state index in [0.717, 1.165) is 41.5 Å². The van der Waals surface area contributed by atoms with E-state index in [-0.39, 0.29) is 0 Å². The summed E-state index contributed by atoms with van der Waals surface area (Å²) in [6, 6.07) is 25.2. The van der Waals surface area contributed by atoms with Crippen molar-refractivity contribution in [3.05, 3.63) is 84.6 Å². The third-order valence-electron chi connectivity index (χ3n) is 4.98. The molecule has 2 nitrogen and oxygen atoms in total. The Kier molecular flexibility index (Phi) is 4.83. The van der Waals surface area contributed by atoms with E-state index in [1.54, 1.807) is 0 Å². The molecule has 0 aliphatic rings. The smallest absolute Gasteiger partial charge is 0.129 e. The van der Waals surface area contributed by atoms with Gasteiger partial charge in [-0.15, -0.1) is 0 Å². The number of ether oxygens (including phenoxy) is 1. The van der Waals surface area contributed by atoms with Crippen LogP contribution < -0.4 is 4.74 Å². The minimum Gasteiger partial charge on any atom is -0.493 e. The summed E-state index contributed by atoms with van der Waals surface area (Å²) >= 11 is 0. The molecule has 4 aromatic rings. The molecule has 1 heterocycles.